The van der Waals surface area contributed by atoms with Crippen LogP contribution >= 0.6 is 0 Å². The molecule has 198 valence electrons. The highest BCUT2D eigenvalue weighted by atomic mass is 16.5. The third-order valence-electron chi connectivity index (χ3n) is 6.60. The minimum absolute atomic E-state index is 0.0714. The molecule has 38 heavy (non-hydrogen) atoms. The highest BCUT2D eigenvalue weighted by Crippen LogP contribution is 2.41. The minimum atomic E-state index is -0.746. The molecule has 1 amide bonds. The first-order chi connectivity index (χ1) is 18.2. The molecule has 1 N–H and O–H groups in total. The van der Waals surface area contributed by atoms with Crippen molar-refractivity contribution in [3.8, 4) is 11.5 Å². The Balaban J connectivity index is 1.80. The summed E-state index contributed by atoms with van der Waals surface area (Å²) in [5, 5.41) is 11.4. The number of rotatable bonds is 9. The van der Waals surface area contributed by atoms with Gasteiger partial charge < -0.3 is 24.4 Å². The Bertz CT molecular complexity index is 1340. The Morgan fingerprint density at radius 2 is 1.58 bits per heavy atom. The largest absolute Gasteiger partial charge is 0.507 e. The summed E-state index contributed by atoms with van der Waals surface area (Å²) in [6.07, 6.45) is 0. The Hall–Kier alpha value is -4.26. The van der Waals surface area contributed by atoms with Gasteiger partial charge in [0.1, 0.15) is 17.3 Å². The van der Waals surface area contributed by atoms with Gasteiger partial charge in [-0.05, 0) is 79.9 Å². The monoisotopic (exact) mass is 514 g/mol. The predicted molar refractivity (Wildman–Crippen MR) is 149 cm³/mol. The summed E-state index contributed by atoms with van der Waals surface area (Å²) in [6.45, 7) is 6.98. The number of carbonyl (C=O) groups is 2. The molecule has 7 heteroatoms. The Kier molecular flexibility index (Phi) is 8.05. The van der Waals surface area contributed by atoms with Crippen LogP contribution in [0, 0.1) is 6.92 Å². The van der Waals surface area contributed by atoms with Crippen molar-refractivity contribution in [2.45, 2.75) is 33.4 Å². The van der Waals surface area contributed by atoms with Crippen molar-refractivity contribution in [3.63, 3.8) is 0 Å². The van der Waals surface area contributed by atoms with E-state index in [2.05, 4.69) is 0 Å². The van der Waals surface area contributed by atoms with Crippen LogP contribution in [0.2, 0.25) is 0 Å². The minimum Gasteiger partial charge on any atom is -0.507 e. The molecule has 0 bridgehead atoms. The number of ether oxygens (including phenoxy) is 2. The van der Waals surface area contributed by atoms with Gasteiger partial charge in [-0.1, -0.05) is 24.3 Å². The fourth-order valence-corrected chi connectivity index (χ4v) is 4.67. The number of ketones is 1. The van der Waals surface area contributed by atoms with Crippen LogP contribution in [0.25, 0.3) is 5.76 Å². The maximum Gasteiger partial charge on any atom is 0.295 e. The number of aryl methyl sites for hydroxylation is 1. The zero-order valence-corrected chi connectivity index (χ0v) is 22.5. The lowest BCUT2D eigenvalue weighted by atomic mass is 9.94. The quantitative estimate of drug-likeness (QED) is 0.231. The molecule has 7 nitrogen and oxygen atoms in total. The molecular formula is C31H34N2O5. The summed E-state index contributed by atoms with van der Waals surface area (Å²) in [5.74, 6) is -0.118. The van der Waals surface area contributed by atoms with E-state index < -0.39 is 17.7 Å². The number of nitrogens with zero attached hydrogens (tertiary/aromatic N) is 2. The number of carbonyl (C=O) groups excluding carboxylic acids is 2. The first kappa shape index (κ1) is 26.8. The van der Waals surface area contributed by atoms with Gasteiger partial charge in [-0.2, -0.15) is 0 Å². The topological polar surface area (TPSA) is 79.3 Å². The first-order valence-corrected chi connectivity index (χ1v) is 12.8. The van der Waals surface area contributed by atoms with Crippen molar-refractivity contribution >= 4 is 23.1 Å². The average Bonchev–Trinajstić information content (AvgIpc) is 3.15. The molecule has 0 aliphatic carbocycles. The van der Waals surface area contributed by atoms with Crippen molar-refractivity contribution < 1.29 is 24.2 Å². The third kappa shape index (κ3) is 5.37. The lowest BCUT2D eigenvalue weighted by molar-refractivity contribution is -0.140. The second kappa shape index (κ2) is 11.4. The summed E-state index contributed by atoms with van der Waals surface area (Å²) in [5.41, 5.74) is 3.93. The molecule has 1 aliphatic heterocycles. The number of aliphatic hydroxyl groups excluding tert-OH is 1. The van der Waals surface area contributed by atoms with Gasteiger partial charge in [0.05, 0.1) is 24.8 Å². The summed E-state index contributed by atoms with van der Waals surface area (Å²) in [6, 6.07) is 19.6. The fraction of sp³-hybridized carbons (Fsp3) is 0.290. The third-order valence-corrected chi connectivity index (χ3v) is 6.60. The number of Topliss-reactive ketones (excluding diaryl/α,β-unsaturated/α-hetero) is 1. The smallest absolute Gasteiger partial charge is 0.295 e. The SMILES string of the molecule is CCOc1ccc(CN2C(=O)C(=O)/C(=C(\O)c3ccc(OCC)c(C)c3)C2c2ccc(N(C)C)cc2)cc1. The second-order valence-corrected chi connectivity index (χ2v) is 9.40. The van der Waals surface area contributed by atoms with E-state index in [-0.39, 0.29) is 17.9 Å². The zero-order valence-electron chi connectivity index (χ0n) is 22.5. The number of benzene rings is 3. The lowest BCUT2D eigenvalue weighted by Gasteiger charge is -2.26. The van der Waals surface area contributed by atoms with E-state index in [1.807, 2.05) is 88.3 Å². The van der Waals surface area contributed by atoms with E-state index in [9.17, 15) is 14.7 Å². The summed E-state index contributed by atoms with van der Waals surface area (Å²) in [7, 11) is 3.89. The number of anilines is 1. The molecule has 4 rings (SSSR count). The van der Waals surface area contributed by atoms with Crippen molar-refractivity contribution in [2.75, 3.05) is 32.2 Å². The predicted octanol–water partition coefficient (Wildman–Crippen LogP) is 5.48. The van der Waals surface area contributed by atoms with E-state index in [4.69, 9.17) is 9.47 Å². The van der Waals surface area contributed by atoms with E-state index in [1.165, 1.54) is 4.90 Å². The maximum atomic E-state index is 13.4. The lowest BCUT2D eigenvalue weighted by Crippen LogP contribution is -2.29. The molecule has 0 aromatic heterocycles. The van der Waals surface area contributed by atoms with Crippen LogP contribution in [0.3, 0.4) is 0 Å². The van der Waals surface area contributed by atoms with Crippen LogP contribution in [0.4, 0.5) is 5.69 Å². The number of likely N-dealkylation sites (tertiary alicyclic amines) is 1. The normalized spacial score (nSPS) is 16.6. The second-order valence-electron chi connectivity index (χ2n) is 9.40. The average molecular weight is 515 g/mol. The van der Waals surface area contributed by atoms with Gasteiger partial charge in [0.2, 0.25) is 0 Å². The molecular weight excluding hydrogens is 480 g/mol. The van der Waals surface area contributed by atoms with Crippen molar-refractivity contribution in [1.82, 2.24) is 4.90 Å². The highest BCUT2D eigenvalue weighted by molar-refractivity contribution is 6.46. The molecule has 3 aromatic carbocycles. The number of aliphatic hydroxyl groups is 1. The molecule has 0 spiro atoms. The van der Waals surface area contributed by atoms with Gasteiger partial charge in [0, 0.05) is 31.9 Å². The Morgan fingerprint density at radius 3 is 2.16 bits per heavy atom. The Labute approximate surface area is 223 Å². The number of hydrogen-bond donors (Lipinski definition) is 1. The van der Waals surface area contributed by atoms with E-state index in [0.717, 1.165) is 28.1 Å². The maximum absolute atomic E-state index is 13.4. The molecule has 1 heterocycles. The van der Waals surface area contributed by atoms with Crippen LogP contribution in [0.1, 0.15) is 42.1 Å². The van der Waals surface area contributed by atoms with E-state index >= 15 is 0 Å². The first-order valence-electron chi connectivity index (χ1n) is 12.8. The summed E-state index contributed by atoms with van der Waals surface area (Å²) in [4.78, 5) is 30.3. The number of amides is 1. The number of hydrogen-bond acceptors (Lipinski definition) is 6. The van der Waals surface area contributed by atoms with Crippen LogP contribution in [-0.4, -0.2) is 49.0 Å². The summed E-state index contributed by atoms with van der Waals surface area (Å²) < 4.78 is 11.2. The van der Waals surface area contributed by atoms with Gasteiger partial charge in [-0.15, -0.1) is 0 Å². The van der Waals surface area contributed by atoms with Gasteiger partial charge in [0.25, 0.3) is 11.7 Å². The molecule has 1 aliphatic rings. The van der Waals surface area contributed by atoms with Crippen LogP contribution < -0.4 is 14.4 Å². The standard InChI is InChI=1S/C31H34N2O5/c1-6-37-25-15-8-21(9-16-25)19-33-28(22-10-13-24(14-11-22)32(4)5)27(30(35)31(33)36)29(34)23-12-17-26(38-7-2)20(3)18-23/h8-18,28,34H,6-7,19H2,1-5H3/b29-27-. The molecule has 1 atom stereocenters. The van der Waals surface area contributed by atoms with Gasteiger partial charge >= 0.3 is 0 Å². The Morgan fingerprint density at radius 1 is 0.921 bits per heavy atom. The van der Waals surface area contributed by atoms with Gasteiger partial charge in [-0.25, -0.2) is 0 Å². The molecule has 0 saturated carbocycles. The van der Waals surface area contributed by atoms with Crippen molar-refractivity contribution in [3.05, 3.63) is 94.6 Å². The van der Waals surface area contributed by atoms with E-state index in [1.54, 1.807) is 18.2 Å². The molecule has 1 saturated heterocycles. The fourth-order valence-electron chi connectivity index (χ4n) is 4.67. The molecule has 0 radical (unpaired) electrons. The van der Waals surface area contributed by atoms with Crippen LogP contribution in [-0.2, 0) is 16.1 Å². The molecule has 1 fully saturated rings. The van der Waals surface area contributed by atoms with Gasteiger partial charge in [0.15, 0.2) is 0 Å². The molecule has 3 aromatic rings. The zero-order chi connectivity index (χ0) is 27.4. The highest BCUT2D eigenvalue weighted by Gasteiger charge is 2.46. The summed E-state index contributed by atoms with van der Waals surface area (Å²) >= 11 is 0. The van der Waals surface area contributed by atoms with Gasteiger partial charge in [-0.3, -0.25) is 9.59 Å². The van der Waals surface area contributed by atoms with Crippen molar-refractivity contribution in [2.24, 2.45) is 0 Å². The van der Waals surface area contributed by atoms with Crippen molar-refractivity contribution in [1.29, 1.82) is 0 Å². The van der Waals surface area contributed by atoms with Crippen LogP contribution in [0.15, 0.2) is 72.3 Å². The van der Waals surface area contributed by atoms with E-state index in [0.29, 0.717) is 24.5 Å². The van der Waals surface area contributed by atoms with Crippen LogP contribution in [0.5, 0.6) is 11.5 Å². The molecule has 1 unspecified atom stereocenters.